The molecule has 5 rings (SSSR count). The van der Waals surface area contributed by atoms with E-state index >= 15 is 0 Å². The van der Waals surface area contributed by atoms with Crippen LogP contribution >= 0.6 is 22.9 Å². The standard InChI is InChI=1S/C23H22ClFN4O4S/c1-33-22(32)17-15(10-29-11-23(4-5-23)9-16(29)21(30)31)27-19(20-26-6-7-34-20)28-18(17)13-3-2-12(25)8-14(13)24/h2-3,6-8,15-16H,4-5,9-11H2,1H3,(H,27,28)(H,30,31)/t15?,16-/m0/s1. The molecule has 1 saturated heterocycles. The molecule has 34 heavy (non-hydrogen) atoms. The molecule has 3 aliphatic rings. The number of esters is 1. The first kappa shape index (κ1) is 22.9. The van der Waals surface area contributed by atoms with Gasteiger partial charge in [-0.25, -0.2) is 14.2 Å². The van der Waals surface area contributed by atoms with Crippen LogP contribution in [0.1, 0.15) is 29.8 Å². The Hall–Kier alpha value is -2.82. The predicted octanol–water partition coefficient (Wildman–Crippen LogP) is 3.18. The van der Waals surface area contributed by atoms with Gasteiger partial charge in [-0.2, -0.15) is 0 Å². The minimum Gasteiger partial charge on any atom is -0.480 e. The number of hydrogen-bond acceptors (Lipinski definition) is 8. The number of carboxylic acid groups (broad SMARTS) is 1. The van der Waals surface area contributed by atoms with E-state index in [2.05, 4.69) is 10.3 Å². The minimum absolute atomic E-state index is 0.0378. The number of nitrogens with one attached hydrogen (secondary N) is 1. The van der Waals surface area contributed by atoms with Crippen LogP contribution in [0.25, 0.3) is 5.70 Å². The fraction of sp³-hybridized carbons (Fsp3) is 0.391. The largest absolute Gasteiger partial charge is 0.480 e. The van der Waals surface area contributed by atoms with Crippen LogP contribution in [-0.2, 0) is 14.3 Å². The molecule has 2 N–H and O–H groups in total. The molecule has 11 heteroatoms. The number of carbonyl (C=O) groups excluding carboxylic acids is 1. The van der Waals surface area contributed by atoms with E-state index in [4.69, 9.17) is 21.3 Å². The summed E-state index contributed by atoms with van der Waals surface area (Å²) in [6, 6.07) is 2.53. The van der Waals surface area contributed by atoms with Crippen molar-refractivity contribution in [1.29, 1.82) is 0 Å². The van der Waals surface area contributed by atoms with Crippen LogP contribution in [0.15, 0.2) is 40.3 Å². The van der Waals surface area contributed by atoms with Crippen molar-refractivity contribution in [3.05, 3.63) is 56.8 Å². The lowest BCUT2D eigenvalue weighted by Crippen LogP contribution is -2.45. The summed E-state index contributed by atoms with van der Waals surface area (Å²) in [4.78, 5) is 36.0. The molecule has 2 fully saturated rings. The maximum atomic E-state index is 13.8. The topological polar surface area (TPSA) is 104 Å². The summed E-state index contributed by atoms with van der Waals surface area (Å²) in [5.41, 5.74) is 0.995. The Bertz CT molecular complexity index is 1210. The fourth-order valence-electron chi connectivity index (χ4n) is 4.78. The third kappa shape index (κ3) is 4.21. The average molecular weight is 505 g/mol. The van der Waals surface area contributed by atoms with E-state index in [1.165, 1.54) is 36.6 Å². The number of hydrogen-bond donors (Lipinski definition) is 2. The van der Waals surface area contributed by atoms with Gasteiger partial charge in [0.05, 0.1) is 29.4 Å². The lowest BCUT2D eigenvalue weighted by Gasteiger charge is -2.31. The molecule has 1 saturated carbocycles. The van der Waals surface area contributed by atoms with E-state index in [-0.39, 0.29) is 22.6 Å². The number of amidine groups is 1. The Morgan fingerprint density at radius 3 is 2.82 bits per heavy atom. The Labute approximate surface area is 204 Å². The first-order valence-corrected chi connectivity index (χ1v) is 12.1. The number of thiazole rings is 1. The van der Waals surface area contributed by atoms with Gasteiger partial charge in [-0.1, -0.05) is 11.6 Å². The summed E-state index contributed by atoms with van der Waals surface area (Å²) >= 11 is 7.73. The number of carboxylic acids is 1. The molecule has 3 heterocycles. The number of likely N-dealkylation sites (tertiary alicyclic amines) is 1. The summed E-state index contributed by atoms with van der Waals surface area (Å²) in [6.07, 6.45) is 4.23. The fourth-order valence-corrected chi connectivity index (χ4v) is 5.63. The normalized spacial score (nSPS) is 23.6. The average Bonchev–Trinajstić information content (AvgIpc) is 3.19. The third-order valence-electron chi connectivity index (χ3n) is 6.63. The quantitative estimate of drug-likeness (QED) is 0.582. The molecule has 2 aromatic rings. The molecule has 2 atom stereocenters. The molecule has 178 valence electrons. The van der Waals surface area contributed by atoms with Gasteiger partial charge in [0.1, 0.15) is 11.9 Å². The summed E-state index contributed by atoms with van der Waals surface area (Å²) in [6.45, 7) is 0.846. The predicted molar refractivity (Wildman–Crippen MR) is 125 cm³/mol. The van der Waals surface area contributed by atoms with Gasteiger partial charge in [-0.15, -0.1) is 11.3 Å². The number of carbonyl (C=O) groups is 2. The van der Waals surface area contributed by atoms with Gasteiger partial charge in [-0.05, 0) is 42.9 Å². The molecule has 1 aliphatic carbocycles. The van der Waals surface area contributed by atoms with Crippen molar-refractivity contribution in [2.24, 2.45) is 10.4 Å². The highest BCUT2D eigenvalue weighted by Gasteiger charge is 2.54. The zero-order valence-electron chi connectivity index (χ0n) is 18.3. The van der Waals surface area contributed by atoms with Gasteiger partial charge < -0.3 is 15.2 Å². The van der Waals surface area contributed by atoms with Crippen molar-refractivity contribution in [3.63, 3.8) is 0 Å². The Morgan fingerprint density at radius 2 is 2.21 bits per heavy atom. The van der Waals surface area contributed by atoms with E-state index in [0.29, 0.717) is 35.1 Å². The number of rotatable bonds is 6. The van der Waals surface area contributed by atoms with Crippen molar-refractivity contribution < 1.29 is 23.8 Å². The Morgan fingerprint density at radius 1 is 1.41 bits per heavy atom. The van der Waals surface area contributed by atoms with Gasteiger partial charge in [0, 0.05) is 30.2 Å². The number of halogens is 2. The van der Waals surface area contributed by atoms with Crippen LogP contribution in [0.2, 0.25) is 5.02 Å². The highest BCUT2D eigenvalue weighted by Crippen LogP contribution is 2.55. The number of ether oxygens (including phenoxy) is 1. The molecule has 2 aliphatic heterocycles. The smallest absolute Gasteiger partial charge is 0.338 e. The summed E-state index contributed by atoms with van der Waals surface area (Å²) < 4.78 is 18.9. The summed E-state index contributed by atoms with van der Waals surface area (Å²) in [5.74, 6) is -1.59. The van der Waals surface area contributed by atoms with Crippen molar-refractivity contribution in [2.75, 3.05) is 20.2 Å². The number of benzene rings is 1. The second-order valence-electron chi connectivity index (χ2n) is 8.85. The first-order valence-electron chi connectivity index (χ1n) is 10.8. The minimum atomic E-state index is -0.882. The monoisotopic (exact) mass is 504 g/mol. The van der Waals surface area contributed by atoms with Crippen LogP contribution < -0.4 is 5.32 Å². The number of aliphatic imine (C=N–C) groups is 1. The molecule has 8 nitrogen and oxygen atoms in total. The lowest BCUT2D eigenvalue weighted by atomic mass is 9.97. The maximum absolute atomic E-state index is 13.8. The van der Waals surface area contributed by atoms with Crippen LogP contribution in [-0.4, -0.2) is 65.0 Å². The van der Waals surface area contributed by atoms with E-state index in [9.17, 15) is 19.1 Å². The number of nitrogens with zero attached hydrogens (tertiary/aromatic N) is 3. The highest BCUT2D eigenvalue weighted by atomic mass is 35.5. The van der Waals surface area contributed by atoms with Gasteiger partial charge in [0.15, 0.2) is 10.8 Å². The second kappa shape index (κ2) is 8.75. The number of methoxy groups -OCH3 is 1. The second-order valence-corrected chi connectivity index (χ2v) is 10.1. The summed E-state index contributed by atoms with van der Waals surface area (Å²) in [7, 11) is 1.27. The van der Waals surface area contributed by atoms with E-state index < -0.39 is 29.8 Å². The lowest BCUT2D eigenvalue weighted by molar-refractivity contribution is -0.142. The van der Waals surface area contributed by atoms with E-state index in [1.807, 2.05) is 4.90 Å². The van der Waals surface area contributed by atoms with Crippen molar-refractivity contribution in [1.82, 2.24) is 15.2 Å². The molecular weight excluding hydrogens is 483 g/mol. The van der Waals surface area contributed by atoms with Crippen molar-refractivity contribution in [2.45, 2.75) is 31.3 Å². The Kier molecular flexibility index (Phi) is 5.91. The van der Waals surface area contributed by atoms with Crippen LogP contribution in [0.4, 0.5) is 4.39 Å². The zero-order valence-corrected chi connectivity index (χ0v) is 19.8. The van der Waals surface area contributed by atoms with Crippen LogP contribution in [0.3, 0.4) is 0 Å². The Balaban J connectivity index is 1.60. The first-order chi connectivity index (χ1) is 16.3. The van der Waals surface area contributed by atoms with Crippen molar-refractivity contribution >= 4 is 46.4 Å². The zero-order chi connectivity index (χ0) is 24.0. The van der Waals surface area contributed by atoms with E-state index in [0.717, 1.165) is 12.8 Å². The van der Waals surface area contributed by atoms with Gasteiger partial charge in [0.2, 0.25) is 0 Å². The molecule has 1 spiro atoms. The van der Waals surface area contributed by atoms with E-state index in [1.54, 1.807) is 11.6 Å². The molecule has 0 bridgehead atoms. The molecule has 1 aromatic carbocycles. The van der Waals surface area contributed by atoms with Gasteiger partial charge in [0.25, 0.3) is 0 Å². The number of aromatic nitrogens is 1. The molecule has 0 radical (unpaired) electrons. The molecule has 1 aromatic heterocycles. The molecular formula is C23H22ClFN4O4S. The third-order valence-corrected chi connectivity index (χ3v) is 7.72. The summed E-state index contributed by atoms with van der Waals surface area (Å²) in [5, 5.41) is 15.5. The molecule has 1 unspecified atom stereocenters. The molecule has 0 amide bonds. The number of aliphatic carboxylic acids is 1. The van der Waals surface area contributed by atoms with Crippen LogP contribution in [0, 0.1) is 11.2 Å². The SMILES string of the molecule is COC(=O)C1=C(c2ccc(F)cc2Cl)NC(c2nccs2)=NC1CN1CC2(CC2)C[C@H]1C(=O)O. The highest BCUT2D eigenvalue weighted by molar-refractivity contribution is 7.11. The van der Waals surface area contributed by atoms with Crippen molar-refractivity contribution in [3.8, 4) is 0 Å². The van der Waals surface area contributed by atoms with Gasteiger partial charge in [-0.3, -0.25) is 14.7 Å². The maximum Gasteiger partial charge on any atom is 0.338 e. The van der Waals surface area contributed by atoms with Gasteiger partial charge >= 0.3 is 11.9 Å². The van der Waals surface area contributed by atoms with Crippen LogP contribution in [0.5, 0.6) is 0 Å².